The number of rotatable bonds is 6. The van der Waals surface area contributed by atoms with Crippen molar-refractivity contribution in [2.45, 2.75) is 25.9 Å². The number of amides is 1. The standard InChI is InChI=1S/C11H19NO3/c1-9(2)8-14-7-5-12-11(13)10-4-3-6-15-10/h10H,1,3-8H2,2H3,(H,12,13)/t10-/m1/s1. The van der Waals surface area contributed by atoms with Gasteiger partial charge in [0.25, 0.3) is 0 Å². The minimum absolute atomic E-state index is 0.0218. The molecule has 1 heterocycles. The summed E-state index contributed by atoms with van der Waals surface area (Å²) in [7, 11) is 0. The van der Waals surface area contributed by atoms with E-state index in [2.05, 4.69) is 11.9 Å². The van der Waals surface area contributed by atoms with E-state index in [4.69, 9.17) is 9.47 Å². The lowest BCUT2D eigenvalue weighted by molar-refractivity contribution is -0.130. The van der Waals surface area contributed by atoms with Crippen LogP contribution in [0.4, 0.5) is 0 Å². The number of hydrogen-bond donors (Lipinski definition) is 1. The van der Waals surface area contributed by atoms with Gasteiger partial charge in [0.1, 0.15) is 6.10 Å². The van der Waals surface area contributed by atoms with Gasteiger partial charge in [-0.15, -0.1) is 0 Å². The van der Waals surface area contributed by atoms with E-state index >= 15 is 0 Å². The van der Waals surface area contributed by atoms with Crippen LogP contribution in [-0.2, 0) is 14.3 Å². The predicted octanol–water partition coefficient (Wildman–Crippen LogP) is 0.874. The molecule has 0 radical (unpaired) electrons. The number of ether oxygens (including phenoxy) is 2. The van der Waals surface area contributed by atoms with E-state index in [0.717, 1.165) is 18.4 Å². The Bertz CT molecular complexity index is 222. The Kier molecular flexibility index (Phi) is 5.36. The van der Waals surface area contributed by atoms with Gasteiger partial charge in [-0.3, -0.25) is 4.79 Å². The van der Waals surface area contributed by atoms with Crippen molar-refractivity contribution in [3.05, 3.63) is 12.2 Å². The average Bonchev–Trinajstić information content (AvgIpc) is 2.69. The summed E-state index contributed by atoms with van der Waals surface area (Å²) in [5.74, 6) is -0.0218. The normalized spacial score (nSPS) is 20.2. The average molecular weight is 213 g/mol. The molecule has 0 bridgehead atoms. The summed E-state index contributed by atoms with van der Waals surface area (Å²) < 4.78 is 10.5. The summed E-state index contributed by atoms with van der Waals surface area (Å²) in [4.78, 5) is 11.4. The summed E-state index contributed by atoms with van der Waals surface area (Å²) in [6.45, 7) is 7.93. The molecule has 0 aliphatic carbocycles. The summed E-state index contributed by atoms with van der Waals surface area (Å²) in [6, 6.07) is 0. The second-order valence-electron chi connectivity index (χ2n) is 3.80. The molecule has 0 aromatic rings. The molecule has 0 unspecified atom stereocenters. The maximum Gasteiger partial charge on any atom is 0.249 e. The highest BCUT2D eigenvalue weighted by molar-refractivity contribution is 5.80. The zero-order valence-corrected chi connectivity index (χ0v) is 9.25. The van der Waals surface area contributed by atoms with E-state index in [1.807, 2.05) is 6.92 Å². The van der Waals surface area contributed by atoms with Crippen LogP contribution in [0.15, 0.2) is 12.2 Å². The van der Waals surface area contributed by atoms with Gasteiger partial charge < -0.3 is 14.8 Å². The molecule has 1 fully saturated rings. The Morgan fingerprint density at radius 1 is 1.67 bits per heavy atom. The molecule has 1 aliphatic rings. The van der Waals surface area contributed by atoms with Gasteiger partial charge in [0.2, 0.25) is 5.91 Å². The Labute approximate surface area is 90.6 Å². The van der Waals surface area contributed by atoms with E-state index in [0.29, 0.717) is 26.4 Å². The van der Waals surface area contributed by atoms with Crippen LogP contribution < -0.4 is 5.32 Å². The van der Waals surface area contributed by atoms with Gasteiger partial charge in [0.05, 0.1) is 13.2 Å². The highest BCUT2D eigenvalue weighted by atomic mass is 16.5. The summed E-state index contributed by atoms with van der Waals surface area (Å²) >= 11 is 0. The molecule has 4 nitrogen and oxygen atoms in total. The van der Waals surface area contributed by atoms with E-state index < -0.39 is 0 Å². The zero-order valence-electron chi connectivity index (χ0n) is 9.25. The van der Waals surface area contributed by atoms with Crippen LogP contribution in [0, 0.1) is 0 Å². The molecular weight excluding hydrogens is 194 g/mol. The minimum atomic E-state index is -0.244. The van der Waals surface area contributed by atoms with Gasteiger partial charge in [0.15, 0.2) is 0 Å². The molecule has 1 aliphatic heterocycles. The summed E-state index contributed by atoms with van der Waals surface area (Å²) in [5.41, 5.74) is 0.987. The van der Waals surface area contributed by atoms with Gasteiger partial charge >= 0.3 is 0 Å². The third-order valence-electron chi connectivity index (χ3n) is 2.12. The molecule has 1 amide bonds. The zero-order chi connectivity index (χ0) is 11.1. The molecule has 1 atom stereocenters. The third kappa shape index (κ3) is 4.95. The largest absolute Gasteiger partial charge is 0.375 e. The smallest absolute Gasteiger partial charge is 0.249 e. The SMILES string of the molecule is C=C(C)COCCNC(=O)[C@H]1CCCO1. The molecule has 0 aromatic carbocycles. The van der Waals surface area contributed by atoms with Crippen LogP contribution in [0.25, 0.3) is 0 Å². The molecule has 0 saturated carbocycles. The fourth-order valence-electron chi connectivity index (χ4n) is 1.39. The van der Waals surface area contributed by atoms with Gasteiger partial charge in [-0.05, 0) is 19.8 Å². The van der Waals surface area contributed by atoms with Crippen molar-refractivity contribution in [2.24, 2.45) is 0 Å². The van der Waals surface area contributed by atoms with Crippen LogP contribution in [0.1, 0.15) is 19.8 Å². The predicted molar refractivity (Wildman–Crippen MR) is 57.6 cm³/mol. The van der Waals surface area contributed by atoms with Crippen LogP contribution >= 0.6 is 0 Å². The summed E-state index contributed by atoms with van der Waals surface area (Å²) in [6.07, 6.45) is 1.56. The van der Waals surface area contributed by atoms with Crippen molar-refractivity contribution in [3.8, 4) is 0 Å². The van der Waals surface area contributed by atoms with Crippen molar-refractivity contribution in [2.75, 3.05) is 26.4 Å². The number of hydrogen-bond acceptors (Lipinski definition) is 3. The highest BCUT2D eigenvalue weighted by Gasteiger charge is 2.22. The van der Waals surface area contributed by atoms with Crippen molar-refractivity contribution < 1.29 is 14.3 Å². The van der Waals surface area contributed by atoms with E-state index in [1.54, 1.807) is 0 Å². The number of carbonyl (C=O) groups is 1. The van der Waals surface area contributed by atoms with Gasteiger partial charge in [-0.25, -0.2) is 0 Å². The highest BCUT2D eigenvalue weighted by Crippen LogP contribution is 2.11. The maximum absolute atomic E-state index is 11.4. The lowest BCUT2D eigenvalue weighted by Gasteiger charge is -2.10. The van der Waals surface area contributed by atoms with Crippen LogP contribution in [0.5, 0.6) is 0 Å². The van der Waals surface area contributed by atoms with E-state index in [-0.39, 0.29) is 12.0 Å². The van der Waals surface area contributed by atoms with Crippen molar-refractivity contribution in [1.82, 2.24) is 5.32 Å². The molecule has 0 aromatic heterocycles. The van der Waals surface area contributed by atoms with Crippen molar-refractivity contribution in [1.29, 1.82) is 0 Å². The molecule has 4 heteroatoms. The van der Waals surface area contributed by atoms with Crippen LogP contribution in [0.2, 0.25) is 0 Å². The summed E-state index contributed by atoms with van der Waals surface area (Å²) in [5, 5.41) is 2.78. The molecule has 86 valence electrons. The second-order valence-corrected chi connectivity index (χ2v) is 3.80. The fraction of sp³-hybridized carbons (Fsp3) is 0.727. The van der Waals surface area contributed by atoms with E-state index in [9.17, 15) is 4.79 Å². The topological polar surface area (TPSA) is 47.6 Å². The number of nitrogens with one attached hydrogen (secondary N) is 1. The minimum Gasteiger partial charge on any atom is -0.375 e. The third-order valence-corrected chi connectivity index (χ3v) is 2.12. The Morgan fingerprint density at radius 2 is 2.47 bits per heavy atom. The van der Waals surface area contributed by atoms with Gasteiger partial charge in [0, 0.05) is 13.2 Å². The first-order valence-electron chi connectivity index (χ1n) is 5.31. The molecule has 0 spiro atoms. The number of carbonyl (C=O) groups excluding carboxylic acids is 1. The fourth-order valence-corrected chi connectivity index (χ4v) is 1.39. The van der Waals surface area contributed by atoms with Crippen molar-refractivity contribution >= 4 is 5.91 Å². The first-order chi connectivity index (χ1) is 7.20. The molecule has 1 rings (SSSR count). The lowest BCUT2D eigenvalue weighted by Crippen LogP contribution is -2.36. The van der Waals surface area contributed by atoms with Gasteiger partial charge in [-0.2, -0.15) is 0 Å². The Hall–Kier alpha value is -0.870. The second kappa shape index (κ2) is 6.58. The molecule has 15 heavy (non-hydrogen) atoms. The first-order valence-corrected chi connectivity index (χ1v) is 5.31. The maximum atomic E-state index is 11.4. The van der Waals surface area contributed by atoms with Crippen LogP contribution in [0.3, 0.4) is 0 Å². The lowest BCUT2D eigenvalue weighted by atomic mass is 10.2. The quantitative estimate of drug-likeness (QED) is 0.526. The Balaban J connectivity index is 1.99. The monoisotopic (exact) mass is 213 g/mol. The van der Waals surface area contributed by atoms with Crippen molar-refractivity contribution in [3.63, 3.8) is 0 Å². The molecular formula is C11H19NO3. The first kappa shape index (κ1) is 12.2. The van der Waals surface area contributed by atoms with Gasteiger partial charge in [-0.1, -0.05) is 12.2 Å². The molecule has 1 saturated heterocycles. The Morgan fingerprint density at radius 3 is 3.07 bits per heavy atom. The van der Waals surface area contributed by atoms with Crippen LogP contribution in [-0.4, -0.2) is 38.4 Å². The molecule has 1 N–H and O–H groups in total. The van der Waals surface area contributed by atoms with E-state index in [1.165, 1.54) is 0 Å².